The monoisotopic (exact) mass is 165 g/mol. The summed E-state index contributed by atoms with van der Waals surface area (Å²) in [5.41, 5.74) is 11.7. The summed E-state index contributed by atoms with van der Waals surface area (Å²) in [6.07, 6.45) is 0. The molecule has 1 aromatic rings. The van der Waals surface area contributed by atoms with Gasteiger partial charge in [-0.25, -0.2) is 0 Å². The van der Waals surface area contributed by atoms with Gasteiger partial charge in [-0.3, -0.25) is 5.41 Å². The highest BCUT2D eigenvalue weighted by atomic mass is 14.7. The Labute approximate surface area is 72.9 Å². The van der Waals surface area contributed by atoms with Crippen LogP contribution in [0.15, 0.2) is 24.3 Å². The van der Waals surface area contributed by atoms with Gasteiger partial charge >= 0.3 is 0 Å². The van der Waals surface area contributed by atoms with Crippen molar-refractivity contribution in [3.8, 4) is 0 Å². The molecule has 0 spiro atoms. The molecule has 66 valence electrons. The van der Waals surface area contributed by atoms with Gasteiger partial charge in [-0.1, -0.05) is 23.8 Å². The second kappa shape index (κ2) is 5.32. The van der Waals surface area contributed by atoms with Crippen LogP contribution in [0.2, 0.25) is 0 Å². The second-order valence-electron chi connectivity index (χ2n) is 2.28. The molecule has 5 N–H and O–H groups in total. The molecule has 0 atom stereocenters. The maximum absolute atomic E-state index is 7.11. The van der Waals surface area contributed by atoms with Crippen LogP contribution in [0.4, 0.5) is 0 Å². The Kier molecular flexibility index (Phi) is 4.72. The molecule has 0 heterocycles. The minimum absolute atomic E-state index is 0.128. The lowest BCUT2D eigenvalue weighted by Gasteiger charge is -1.97. The number of rotatable bonds is 1. The molecule has 0 saturated heterocycles. The van der Waals surface area contributed by atoms with Gasteiger partial charge in [0.05, 0.1) is 0 Å². The second-order valence-corrected chi connectivity index (χ2v) is 2.28. The number of nitrogens with two attached hydrogens (primary N) is 2. The van der Waals surface area contributed by atoms with E-state index in [9.17, 15) is 0 Å². The average molecular weight is 165 g/mol. The number of hydrogen-bond acceptors (Lipinski definition) is 2. The van der Waals surface area contributed by atoms with E-state index < -0.39 is 0 Å². The fourth-order valence-electron chi connectivity index (χ4n) is 0.813. The average Bonchev–Trinajstić information content (AvgIpc) is 2.08. The largest absolute Gasteiger partial charge is 0.384 e. The third kappa shape index (κ3) is 3.16. The molecule has 0 aromatic heterocycles. The summed E-state index contributed by atoms with van der Waals surface area (Å²) < 4.78 is 0. The lowest BCUT2D eigenvalue weighted by molar-refractivity contribution is 1.39. The van der Waals surface area contributed by atoms with Crippen LogP contribution in [0, 0.1) is 12.3 Å². The summed E-state index contributed by atoms with van der Waals surface area (Å²) in [6, 6.07) is 7.59. The molecule has 12 heavy (non-hydrogen) atoms. The SMILES string of the molecule is CN.Cc1cccc(C(=N)N)c1. The van der Waals surface area contributed by atoms with E-state index in [4.69, 9.17) is 11.1 Å². The Morgan fingerprint density at radius 1 is 1.33 bits per heavy atom. The Morgan fingerprint density at radius 2 is 1.92 bits per heavy atom. The quantitative estimate of drug-likeness (QED) is 0.426. The molecule has 3 nitrogen and oxygen atoms in total. The Hall–Kier alpha value is -1.35. The first-order valence-corrected chi connectivity index (χ1v) is 3.69. The zero-order valence-electron chi connectivity index (χ0n) is 7.46. The van der Waals surface area contributed by atoms with Gasteiger partial charge in [-0.15, -0.1) is 0 Å². The summed E-state index contributed by atoms with van der Waals surface area (Å²) in [5, 5.41) is 7.11. The predicted octanol–water partition coefficient (Wildman–Crippen LogP) is 0.854. The van der Waals surface area contributed by atoms with Crippen molar-refractivity contribution in [1.82, 2.24) is 0 Å². The fraction of sp³-hybridized carbons (Fsp3) is 0.222. The number of amidine groups is 1. The number of nitrogen functional groups attached to an aromatic ring is 1. The van der Waals surface area contributed by atoms with Crippen molar-refractivity contribution in [1.29, 1.82) is 5.41 Å². The summed E-state index contributed by atoms with van der Waals surface area (Å²) in [5.74, 6) is 0.128. The Bertz CT molecular complexity index is 256. The third-order valence-corrected chi connectivity index (χ3v) is 1.33. The first kappa shape index (κ1) is 10.7. The van der Waals surface area contributed by atoms with Gasteiger partial charge in [0.25, 0.3) is 0 Å². The molecular formula is C9H15N3. The molecule has 0 aliphatic rings. The zero-order valence-corrected chi connectivity index (χ0v) is 7.46. The highest BCUT2D eigenvalue weighted by Crippen LogP contribution is 2.01. The van der Waals surface area contributed by atoms with Crippen LogP contribution in [-0.2, 0) is 0 Å². The molecule has 0 aliphatic heterocycles. The van der Waals surface area contributed by atoms with Gasteiger partial charge in [0.2, 0.25) is 0 Å². The predicted molar refractivity (Wildman–Crippen MR) is 52.3 cm³/mol. The zero-order chi connectivity index (χ0) is 9.56. The van der Waals surface area contributed by atoms with Crippen LogP contribution < -0.4 is 11.5 Å². The number of benzene rings is 1. The van der Waals surface area contributed by atoms with Gasteiger partial charge in [0.1, 0.15) is 5.84 Å². The lowest BCUT2D eigenvalue weighted by atomic mass is 10.1. The lowest BCUT2D eigenvalue weighted by Crippen LogP contribution is -2.10. The van der Waals surface area contributed by atoms with Crippen molar-refractivity contribution in [3.63, 3.8) is 0 Å². The first-order chi connectivity index (χ1) is 5.70. The van der Waals surface area contributed by atoms with Gasteiger partial charge in [-0.05, 0) is 20.0 Å². The number of aryl methyl sites for hydroxylation is 1. The molecule has 1 aromatic carbocycles. The summed E-state index contributed by atoms with van der Waals surface area (Å²) in [7, 11) is 1.50. The highest BCUT2D eigenvalue weighted by Gasteiger charge is 1.93. The summed E-state index contributed by atoms with van der Waals surface area (Å²) >= 11 is 0. The fourth-order valence-corrected chi connectivity index (χ4v) is 0.813. The third-order valence-electron chi connectivity index (χ3n) is 1.33. The molecular weight excluding hydrogens is 150 g/mol. The highest BCUT2D eigenvalue weighted by molar-refractivity contribution is 5.94. The van der Waals surface area contributed by atoms with E-state index in [2.05, 4.69) is 5.73 Å². The minimum atomic E-state index is 0.128. The van der Waals surface area contributed by atoms with E-state index in [1.807, 2.05) is 31.2 Å². The molecule has 3 heteroatoms. The molecule has 0 aliphatic carbocycles. The summed E-state index contributed by atoms with van der Waals surface area (Å²) in [6.45, 7) is 1.98. The maximum atomic E-state index is 7.11. The first-order valence-electron chi connectivity index (χ1n) is 3.69. The van der Waals surface area contributed by atoms with Gasteiger partial charge in [0, 0.05) is 5.56 Å². The molecule has 0 saturated carbocycles. The van der Waals surface area contributed by atoms with E-state index in [1.54, 1.807) is 0 Å². The molecule has 0 fully saturated rings. The normalized spacial score (nSPS) is 8.25. The van der Waals surface area contributed by atoms with Gasteiger partial charge in [-0.2, -0.15) is 0 Å². The van der Waals surface area contributed by atoms with E-state index in [0.29, 0.717) is 0 Å². The van der Waals surface area contributed by atoms with Crippen LogP contribution in [0.1, 0.15) is 11.1 Å². The van der Waals surface area contributed by atoms with E-state index in [1.165, 1.54) is 7.05 Å². The Balaban J connectivity index is 0.000000561. The van der Waals surface area contributed by atoms with Crippen LogP contribution >= 0.6 is 0 Å². The van der Waals surface area contributed by atoms with E-state index in [0.717, 1.165) is 11.1 Å². The smallest absolute Gasteiger partial charge is 0.122 e. The molecule has 1 rings (SSSR count). The van der Waals surface area contributed by atoms with E-state index >= 15 is 0 Å². The van der Waals surface area contributed by atoms with Crippen LogP contribution in [0.3, 0.4) is 0 Å². The minimum Gasteiger partial charge on any atom is -0.384 e. The van der Waals surface area contributed by atoms with Gasteiger partial charge < -0.3 is 11.5 Å². The maximum Gasteiger partial charge on any atom is 0.122 e. The van der Waals surface area contributed by atoms with Gasteiger partial charge in [0.15, 0.2) is 0 Å². The molecule has 0 radical (unpaired) electrons. The number of hydrogen-bond donors (Lipinski definition) is 3. The van der Waals surface area contributed by atoms with Crippen LogP contribution in [-0.4, -0.2) is 12.9 Å². The summed E-state index contributed by atoms with van der Waals surface area (Å²) in [4.78, 5) is 0. The van der Waals surface area contributed by atoms with Crippen molar-refractivity contribution in [2.45, 2.75) is 6.92 Å². The topological polar surface area (TPSA) is 75.9 Å². The van der Waals surface area contributed by atoms with Crippen molar-refractivity contribution in [2.75, 3.05) is 7.05 Å². The van der Waals surface area contributed by atoms with Crippen molar-refractivity contribution in [3.05, 3.63) is 35.4 Å². The van der Waals surface area contributed by atoms with Crippen LogP contribution in [0.5, 0.6) is 0 Å². The van der Waals surface area contributed by atoms with Crippen LogP contribution in [0.25, 0.3) is 0 Å². The standard InChI is InChI=1S/C8H10N2.CH5N/c1-6-3-2-4-7(5-6)8(9)10;1-2/h2-5H,1H3,(H3,9,10);2H2,1H3. The molecule has 0 unspecified atom stereocenters. The molecule has 0 amide bonds. The van der Waals surface area contributed by atoms with Crippen molar-refractivity contribution >= 4 is 5.84 Å². The van der Waals surface area contributed by atoms with Crippen molar-refractivity contribution < 1.29 is 0 Å². The van der Waals surface area contributed by atoms with Crippen molar-refractivity contribution in [2.24, 2.45) is 11.5 Å². The Morgan fingerprint density at radius 3 is 2.25 bits per heavy atom. The molecule has 0 bridgehead atoms. The van der Waals surface area contributed by atoms with E-state index in [-0.39, 0.29) is 5.84 Å². The number of nitrogens with one attached hydrogen (secondary N) is 1.